The molecule has 0 radical (unpaired) electrons. The third-order valence-electron chi connectivity index (χ3n) is 5.25. The number of rotatable bonds is 7. The number of cyclic esters (lactones) is 1. The first kappa shape index (κ1) is 20.6. The highest BCUT2D eigenvalue weighted by molar-refractivity contribution is 7.89. The zero-order chi connectivity index (χ0) is 20.3. The first-order valence-corrected chi connectivity index (χ1v) is 11.2. The van der Waals surface area contributed by atoms with Crippen LogP contribution in [0.3, 0.4) is 0 Å². The minimum atomic E-state index is -3.53. The number of anilines is 1. The SMILES string of the molecule is CCN(CC)S(=O)(=O)c1ccc2c(c1)CCCN2C(=O)CCN1CCOC1=O. The number of ether oxygens (including phenoxy) is 1. The molecule has 154 valence electrons. The highest BCUT2D eigenvalue weighted by Gasteiger charge is 2.28. The van der Waals surface area contributed by atoms with Crippen LogP contribution in [0.15, 0.2) is 23.1 Å². The van der Waals surface area contributed by atoms with E-state index in [1.807, 2.05) is 13.8 Å². The number of nitrogens with zero attached hydrogens (tertiary/aromatic N) is 3. The Morgan fingerprint density at radius 3 is 2.61 bits per heavy atom. The third kappa shape index (κ3) is 4.00. The molecular formula is C19H27N3O5S. The number of hydrogen-bond donors (Lipinski definition) is 0. The maximum Gasteiger partial charge on any atom is 0.409 e. The van der Waals surface area contributed by atoms with Gasteiger partial charge in [0.25, 0.3) is 0 Å². The van der Waals surface area contributed by atoms with Crippen LogP contribution < -0.4 is 4.90 Å². The van der Waals surface area contributed by atoms with Crippen molar-refractivity contribution in [3.8, 4) is 0 Å². The van der Waals surface area contributed by atoms with E-state index in [-0.39, 0.29) is 23.3 Å². The van der Waals surface area contributed by atoms with Crippen molar-refractivity contribution in [2.24, 2.45) is 0 Å². The van der Waals surface area contributed by atoms with E-state index in [9.17, 15) is 18.0 Å². The predicted molar refractivity (Wildman–Crippen MR) is 105 cm³/mol. The molecule has 28 heavy (non-hydrogen) atoms. The Morgan fingerprint density at radius 2 is 1.96 bits per heavy atom. The first-order valence-electron chi connectivity index (χ1n) is 9.73. The minimum absolute atomic E-state index is 0.0694. The van der Waals surface area contributed by atoms with Crippen LogP contribution in [0.1, 0.15) is 32.3 Å². The van der Waals surface area contributed by atoms with Crippen molar-refractivity contribution in [1.29, 1.82) is 0 Å². The van der Waals surface area contributed by atoms with Crippen molar-refractivity contribution in [2.45, 2.75) is 38.0 Å². The molecule has 1 saturated heterocycles. The summed E-state index contributed by atoms with van der Waals surface area (Å²) in [6, 6.07) is 5.00. The van der Waals surface area contributed by atoms with E-state index in [2.05, 4.69) is 0 Å². The van der Waals surface area contributed by atoms with Gasteiger partial charge in [-0.1, -0.05) is 13.8 Å². The van der Waals surface area contributed by atoms with Gasteiger partial charge in [-0.15, -0.1) is 0 Å². The lowest BCUT2D eigenvalue weighted by Gasteiger charge is -2.30. The topological polar surface area (TPSA) is 87.2 Å². The maximum absolute atomic E-state index is 12.8. The van der Waals surface area contributed by atoms with E-state index in [1.54, 1.807) is 23.1 Å². The quantitative estimate of drug-likeness (QED) is 0.686. The second kappa shape index (κ2) is 8.48. The van der Waals surface area contributed by atoms with Gasteiger partial charge in [0.15, 0.2) is 0 Å². The second-order valence-corrected chi connectivity index (χ2v) is 8.82. The summed E-state index contributed by atoms with van der Waals surface area (Å²) in [5.41, 5.74) is 1.63. The summed E-state index contributed by atoms with van der Waals surface area (Å²) in [5.74, 6) is -0.0694. The van der Waals surface area contributed by atoms with E-state index in [1.165, 1.54) is 9.21 Å². The monoisotopic (exact) mass is 409 g/mol. The summed E-state index contributed by atoms with van der Waals surface area (Å²) >= 11 is 0. The lowest BCUT2D eigenvalue weighted by molar-refractivity contribution is -0.118. The van der Waals surface area contributed by atoms with Gasteiger partial charge in [-0.25, -0.2) is 13.2 Å². The number of carbonyl (C=O) groups excluding carboxylic acids is 2. The van der Waals surface area contributed by atoms with Crippen LogP contribution in [0.25, 0.3) is 0 Å². The van der Waals surface area contributed by atoms with Gasteiger partial charge < -0.3 is 14.5 Å². The first-order chi connectivity index (χ1) is 13.4. The molecule has 9 heteroatoms. The molecule has 0 aromatic heterocycles. The van der Waals surface area contributed by atoms with Crippen molar-refractivity contribution in [3.63, 3.8) is 0 Å². The molecule has 0 saturated carbocycles. The van der Waals surface area contributed by atoms with Crippen LogP contribution in [0.5, 0.6) is 0 Å². The molecule has 0 aliphatic carbocycles. The van der Waals surface area contributed by atoms with Crippen LogP contribution in [0.2, 0.25) is 0 Å². The molecule has 0 spiro atoms. The van der Waals surface area contributed by atoms with Crippen molar-refractivity contribution < 1.29 is 22.7 Å². The lowest BCUT2D eigenvalue weighted by atomic mass is 10.0. The molecule has 3 rings (SSSR count). The normalized spacial score (nSPS) is 17.0. The summed E-state index contributed by atoms with van der Waals surface area (Å²) in [7, 11) is -3.53. The van der Waals surface area contributed by atoms with E-state index in [0.29, 0.717) is 39.3 Å². The number of carbonyl (C=O) groups is 2. The van der Waals surface area contributed by atoms with E-state index in [0.717, 1.165) is 24.1 Å². The van der Waals surface area contributed by atoms with Crippen molar-refractivity contribution in [1.82, 2.24) is 9.21 Å². The summed E-state index contributed by atoms with van der Waals surface area (Å²) in [6.45, 7) is 6.26. The van der Waals surface area contributed by atoms with E-state index < -0.39 is 10.0 Å². The standard InChI is InChI=1S/C19H27N3O5S/c1-3-21(4-2)28(25,26)16-7-8-17-15(14-16)6-5-10-22(17)18(23)9-11-20-12-13-27-19(20)24/h7-8,14H,3-6,9-13H2,1-2H3. The van der Waals surface area contributed by atoms with Gasteiger partial charge in [-0.3, -0.25) is 4.79 Å². The zero-order valence-electron chi connectivity index (χ0n) is 16.4. The van der Waals surface area contributed by atoms with Gasteiger partial charge in [-0.2, -0.15) is 4.31 Å². The highest BCUT2D eigenvalue weighted by atomic mass is 32.2. The molecule has 0 unspecified atom stereocenters. The van der Waals surface area contributed by atoms with Crippen LogP contribution >= 0.6 is 0 Å². The average Bonchev–Trinajstić information content (AvgIpc) is 3.10. The number of benzene rings is 1. The highest BCUT2D eigenvalue weighted by Crippen LogP contribution is 2.31. The molecule has 0 bridgehead atoms. The molecule has 0 atom stereocenters. The maximum atomic E-state index is 12.8. The number of amides is 2. The molecule has 2 aliphatic rings. The molecule has 1 aromatic rings. The fourth-order valence-corrected chi connectivity index (χ4v) is 5.21. The summed E-state index contributed by atoms with van der Waals surface area (Å²) in [5, 5.41) is 0. The van der Waals surface area contributed by atoms with Crippen molar-refractivity contribution in [3.05, 3.63) is 23.8 Å². The molecule has 8 nitrogen and oxygen atoms in total. The number of aryl methyl sites for hydroxylation is 1. The zero-order valence-corrected chi connectivity index (χ0v) is 17.2. The summed E-state index contributed by atoms with van der Waals surface area (Å²) in [4.78, 5) is 27.7. The van der Waals surface area contributed by atoms with Crippen LogP contribution in [-0.4, -0.2) is 69.0 Å². The van der Waals surface area contributed by atoms with Crippen molar-refractivity contribution >= 4 is 27.7 Å². The molecule has 1 fully saturated rings. The molecule has 2 amide bonds. The lowest BCUT2D eigenvalue weighted by Crippen LogP contribution is -2.38. The fourth-order valence-electron chi connectivity index (χ4n) is 3.70. The smallest absolute Gasteiger partial charge is 0.409 e. The Morgan fingerprint density at radius 1 is 1.21 bits per heavy atom. The van der Waals surface area contributed by atoms with Gasteiger partial charge in [0, 0.05) is 38.3 Å². The van der Waals surface area contributed by atoms with Gasteiger partial charge in [0.1, 0.15) is 6.61 Å². The van der Waals surface area contributed by atoms with Gasteiger partial charge >= 0.3 is 6.09 Å². The largest absolute Gasteiger partial charge is 0.448 e. The predicted octanol–water partition coefficient (Wildman–Crippen LogP) is 1.84. The number of hydrogen-bond acceptors (Lipinski definition) is 5. The molecule has 1 aromatic carbocycles. The summed E-state index contributed by atoms with van der Waals surface area (Å²) in [6.07, 6.45) is 1.35. The Labute approximate surface area is 166 Å². The van der Waals surface area contributed by atoms with Crippen LogP contribution in [-0.2, 0) is 26.0 Å². The van der Waals surface area contributed by atoms with Gasteiger partial charge in [-0.05, 0) is 36.6 Å². The molecule has 2 aliphatic heterocycles. The Bertz CT molecular complexity index is 851. The molecule has 2 heterocycles. The Hall–Kier alpha value is -2.13. The third-order valence-corrected chi connectivity index (χ3v) is 7.30. The second-order valence-electron chi connectivity index (χ2n) is 6.88. The van der Waals surface area contributed by atoms with Crippen LogP contribution in [0.4, 0.5) is 10.5 Å². The minimum Gasteiger partial charge on any atom is -0.448 e. The Balaban J connectivity index is 1.77. The number of fused-ring (bicyclic) bond motifs is 1. The molecule has 0 N–H and O–H groups in total. The van der Waals surface area contributed by atoms with Crippen molar-refractivity contribution in [2.75, 3.05) is 44.2 Å². The summed E-state index contributed by atoms with van der Waals surface area (Å²) < 4.78 is 31.9. The van der Waals surface area contributed by atoms with Crippen LogP contribution in [0, 0.1) is 0 Å². The van der Waals surface area contributed by atoms with Gasteiger partial charge in [0.2, 0.25) is 15.9 Å². The van der Waals surface area contributed by atoms with Gasteiger partial charge in [0.05, 0.1) is 11.4 Å². The Kier molecular flexibility index (Phi) is 6.24. The van der Waals surface area contributed by atoms with E-state index >= 15 is 0 Å². The number of sulfonamides is 1. The van der Waals surface area contributed by atoms with E-state index in [4.69, 9.17) is 4.74 Å². The average molecular weight is 410 g/mol. The fraction of sp³-hybridized carbons (Fsp3) is 0.579. The molecular weight excluding hydrogens is 382 g/mol.